The van der Waals surface area contributed by atoms with Crippen LogP contribution in [0.1, 0.15) is 0 Å². The molecular formula is C8H12O6S2. The van der Waals surface area contributed by atoms with Crippen LogP contribution in [0.2, 0.25) is 0 Å². The largest absolute Gasteiger partial charge is 0.367 e. The molecule has 0 aromatic carbocycles. The fourth-order valence-electron chi connectivity index (χ4n) is 2.52. The lowest BCUT2D eigenvalue weighted by molar-refractivity contribution is -0.184. The lowest BCUT2D eigenvalue weighted by Crippen LogP contribution is -2.47. The summed E-state index contributed by atoms with van der Waals surface area (Å²) in [6.07, 6.45) is -1.95. The van der Waals surface area contributed by atoms with E-state index >= 15 is 0 Å². The Bertz CT molecular complexity index is 427. The van der Waals surface area contributed by atoms with Crippen LogP contribution < -0.4 is 0 Å². The Kier molecular flexibility index (Phi) is 2.18. The molecule has 0 bridgehead atoms. The van der Waals surface area contributed by atoms with Crippen molar-refractivity contribution in [3.05, 3.63) is 0 Å². The predicted molar refractivity (Wildman–Crippen MR) is 54.6 cm³/mol. The zero-order valence-electron chi connectivity index (χ0n) is 8.40. The van der Waals surface area contributed by atoms with Crippen LogP contribution in [-0.4, -0.2) is 64.3 Å². The van der Waals surface area contributed by atoms with Crippen LogP contribution in [0, 0.1) is 0 Å². The molecular weight excluding hydrogens is 256 g/mol. The highest BCUT2D eigenvalue weighted by molar-refractivity contribution is 7.92. The molecule has 3 aliphatic rings. The highest BCUT2D eigenvalue weighted by Gasteiger charge is 2.51. The van der Waals surface area contributed by atoms with Crippen molar-refractivity contribution in [1.29, 1.82) is 0 Å². The van der Waals surface area contributed by atoms with Gasteiger partial charge in [-0.15, -0.1) is 0 Å². The van der Waals surface area contributed by atoms with Crippen molar-refractivity contribution in [1.82, 2.24) is 0 Å². The van der Waals surface area contributed by atoms with Crippen LogP contribution >= 0.6 is 0 Å². The summed E-state index contributed by atoms with van der Waals surface area (Å²) < 4.78 is 56.5. The molecule has 4 atom stereocenters. The van der Waals surface area contributed by atoms with Crippen molar-refractivity contribution < 1.29 is 26.3 Å². The monoisotopic (exact) mass is 268 g/mol. The highest BCUT2D eigenvalue weighted by atomic mass is 32.2. The molecule has 0 spiro atoms. The van der Waals surface area contributed by atoms with E-state index in [1.54, 1.807) is 0 Å². The van der Waals surface area contributed by atoms with E-state index in [1.807, 2.05) is 0 Å². The zero-order valence-corrected chi connectivity index (χ0v) is 10.0. The van der Waals surface area contributed by atoms with Gasteiger partial charge < -0.3 is 9.47 Å². The smallest absolute Gasteiger partial charge is 0.155 e. The molecule has 0 saturated carbocycles. The number of hydrogen-bond acceptors (Lipinski definition) is 6. The number of sulfone groups is 2. The highest BCUT2D eigenvalue weighted by Crippen LogP contribution is 2.32. The van der Waals surface area contributed by atoms with Gasteiger partial charge in [-0.25, -0.2) is 16.8 Å². The van der Waals surface area contributed by atoms with Gasteiger partial charge in [0.15, 0.2) is 19.7 Å². The standard InChI is InChI=1S/C8H12O6S2/c9-15(10)1-5-6(2-15)14-8-4-16(11,12)3-7(8)13-5/h5-8H,1-4H2. The fraction of sp³-hybridized carbons (Fsp3) is 1.00. The van der Waals surface area contributed by atoms with Gasteiger partial charge >= 0.3 is 0 Å². The SMILES string of the molecule is O=S1(=O)CC2OC3CS(=O)(=O)CC3OC2C1. The van der Waals surface area contributed by atoms with Crippen molar-refractivity contribution in [3.8, 4) is 0 Å². The van der Waals surface area contributed by atoms with Crippen LogP contribution in [-0.2, 0) is 29.1 Å². The van der Waals surface area contributed by atoms with Crippen molar-refractivity contribution >= 4 is 19.7 Å². The molecule has 3 fully saturated rings. The quantitative estimate of drug-likeness (QED) is 0.524. The van der Waals surface area contributed by atoms with Crippen molar-refractivity contribution in [2.75, 3.05) is 23.0 Å². The van der Waals surface area contributed by atoms with E-state index in [4.69, 9.17) is 9.47 Å². The van der Waals surface area contributed by atoms with Crippen LogP contribution in [0.3, 0.4) is 0 Å². The van der Waals surface area contributed by atoms with Gasteiger partial charge in [0.05, 0.1) is 47.4 Å². The Morgan fingerprint density at radius 3 is 1.12 bits per heavy atom. The fourth-order valence-corrected chi connectivity index (χ4v) is 5.97. The summed E-state index contributed by atoms with van der Waals surface area (Å²) in [6, 6.07) is 0. The van der Waals surface area contributed by atoms with Crippen molar-refractivity contribution in [2.45, 2.75) is 24.4 Å². The molecule has 8 heteroatoms. The van der Waals surface area contributed by atoms with Gasteiger partial charge in [0.2, 0.25) is 0 Å². The van der Waals surface area contributed by atoms with E-state index in [9.17, 15) is 16.8 Å². The number of fused-ring (bicyclic) bond motifs is 2. The second kappa shape index (κ2) is 3.18. The first-order valence-electron chi connectivity index (χ1n) is 5.06. The van der Waals surface area contributed by atoms with Gasteiger partial charge in [-0.05, 0) is 0 Å². The second-order valence-corrected chi connectivity index (χ2v) is 8.89. The molecule has 92 valence electrons. The first-order valence-corrected chi connectivity index (χ1v) is 8.71. The van der Waals surface area contributed by atoms with Gasteiger partial charge in [-0.3, -0.25) is 0 Å². The van der Waals surface area contributed by atoms with E-state index in [2.05, 4.69) is 0 Å². The van der Waals surface area contributed by atoms with Gasteiger partial charge in [-0.2, -0.15) is 0 Å². The maximum Gasteiger partial charge on any atom is 0.155 e. The molecule has 4 unspecified atom stereocenters. The summed E-state index contributed by atoms with van der Waals surface area (Å²) in [4.78, 5) is 0. The normalized spacial score (nSPS) is 48.5. The average molecular weight is 268 g/mol. The maximum atomic E-state index is 11.4. The molecule has 0 radical (unpaired) electrons. The number of ether oxygens (including phenoxy) is 2. The van der Waals surface area contributed by atoms with Crippen LogP contribution in [0.15, 0.2) is 0 Å². The van der Waals surface area contributed by atoms with Crippen molar-refractivity contribution in [3.63, 3.8) is 0 Å². The second-order valence-electron chi connectivity index (χ2n) is 4.58. The Labute approximate surface area is 93.8 Å². The van der Waals surface area contributed by atoms with E-state index in [-0.39, 0.29) is 23.0 Å². The molecule has 16 heavy (non-hydrogen) atoms. The van der Waals surface area contributed by atoms with E-state index in [0.717, 1.165) is 0 Å². The molecule has 0 amide bonds. The summed E-state index contributed by atoms with van der Waals surface area (Å²) >= 11 is 0. The summed E-state index contributed by atoms with van der Waals surface area (Å²) in [5.41, 5.74) is 0. The summed E-state index contributed by atoms with van der Waals surface area (Å²) in [5, 5.41) is 0. The predicted octanol–water partition coefficient (Wildman–Crippen LogP) is -1.64. The topological polar surface area (TPSA) is 86.7 Å². The Balaban J connectivity index is 1.83. The number of rotatable bonds is 0. The molecule has 3 rings (SSSR count). The first kappa shape index (κ1) is 10.9. The summed E-state index contributed by atoms with van der Waals surface area (Å²) in [7, 11) is -6.18. The first-order chi connectivity index (χ1) is 7.35. The zero-order chi connectivity index (χ0) is 11.6. The minimum Gasteiger partial charge on any atom is -0.367 e. The lowest BCUT2D eigenvalue weighted by Gasteiger charge is -2.33. The third-order valence-electron chi connectivity index (χ3n) is 3.20. The van der Waals surface area contributed by atoms with Crippen LogP contribution in [0.4, 0.5) is 0 Å². The summed E-state index contributed by atoms with van der Waals surface area (Å²) in [6.45, 7) is 0. The number of hydrogen-bond donors (Lipinski definition) is 0. The molecule has 6 nitrogen and oxygen atoms in total. The molecule has 3 heterocycles. The minimum absolute atomic E-state index is 0.0546. The summed E-state index contributed by atoms with van der Waals surface area (Å²) in [5.74, 6) is -0.219. The van der Waals surface area contributed by atoms with E-state index in [0.29, 0.717) is 0 Å². The van der Waals surface area contributed by atoms with Crippen molar-refractivity contribution in [2.24, 2.45) is 0 Å². The third kappa shape index (κ3) is 1.77. The lowest BCUT2D eigenvalue weighted by atomic mass is 10.1. The molecule has 0 N–H and O–H groups in total. The maximum absolute atomic E-state index is 11.4. The molecule has 0 aromatic heterocycles. The Morgan fingerprint density at radius 1 is 0.625 bits per heavy atom. The molecule has 3 saturated heterocycles. The van der Waals surface area contributed by atoms with Gasteiger partial charge in [0.25, 0.3) is 0 Å². The Morgan fingerprint density at radius 2 is 0.875 bits per heavy atom. The van der Waals surface area contributed by atoms with Gasteiger partial charge in [0, 0.05) is 0 Å². The van der Waals surface area contributed by atoms with Gasteiger partial charge in [0.1, 0.15) is 0 Å². The third-order valence-corrected chi connectivity index (χ3v) is 6.55. The minimum atomic E-state index is -3.09. The Hall–Kier alpha value is -0.180. The molecule has 0 aromatic rings. The van der Waals surface area contributed by atoms with E-state index < -0.39 is 44.1 Å². The van der Waals surface area contributed by atoms with E-state index in [1.165, 1.54) is 0 Å². The van der Waals surface area contributed by atoms with Gasteiger partial charge in [-0.1, -0.05) is 0 Å². The van der Waals surface area contributed by atoms with Crippen LogP contribution in [0.5, 0.6) is 0 Å². The average Bonchev–Trinajstić information content (AvgIpc) is 2.51. The molecule has 0 aliphatic carbocycles. The van der Waals surface area contributed by atoms with Crippen LogP contribution in [0.25, 0.3) is 0 Å². The molecule has 3 aliphatic heterocycles.